The Morgan fingerprint density at radius 2 is 1.91 bits per heavy atom. The monoisotopic (exact) mass is 481 g/mol. The summed E-state index contributed by atoms with van der Waals surface area (Å²) in [5.41, 5.74) is 2.16. The van der Waals surface area contributed by atoms with Crippen molar-refractivity contribution in [1.29, 1.82) is 5.26 Å². The molecule has 0 aromatic heterocycles. The van der Waals surface area contributed by atoms with Gasteiger partial charge in [-0.15, -0.1) is 0 Å². The molecule has 2 saturated heterocycles. The Hall–Kier alpha value is -2.99. The molecular formula is C26H31N3O4S. The van der Waals surface area contributed by atoms with E-state index in [9.17, 15) is 13.2 Å². The van der Waals surface area contributed by atoms with E-state index in [0.717, 1.165) is 44.3 Å². The predicted molar refractivity (Wildman–Crippen MR) is 131 cm³/mol. The first-order valence-electron chi connectivity index (χ1n) is 11.5. The average molecular weight is 482 g/mol. The van der Waals surface area contributed by atoms with Crippen molar-refractivity contribution in [3.05, 3.63) is 71.8 Å². The lowest BCUT2D eigenvalue weighted by molar-refractivity contribution is -0.133. The van der Waals surface area contributed by atoms with Crippen LogP contribution in [0.3, 0.4) is 0 Å². The van der Waals surface area contributed by atoms with Crippen LogP contribution in [-0.2, 0) is 14.9 Å². The summed E-state index contributed by atoms with van der Waals surface area (Å²) < 4.78 is 29.6. The number of nitrogens with one attached hydrogen (secondary N) is 1. The molecule has 0 saturated carbocycles. The summed E-state index contributed by atoms with van der Waals surface area (Å²) in [7, 11) is -4.02. The quantitative estimate of drug-likeness (QED) is 0.628. The van der Waals surface area contributed by atoms with Crippen LogP contribution in [0.15, 0.2) is 65.6 Å². The lowest BCUT2D eigenvalue weighted by Crippen LogP contribution is -2.45. The first-order valence-corrected chi connectivity index (χ1v) is 12.9. The number of hydrogen-bond acceptors (Lipinski definition) is 5. The molecule has 0 spiro atoms. The summed E-state index contributed by atoms with van der Waals surface area (Å²) in [4.78, 5) is 14.2. The van der Waals surface area contributed by atoms with Crippen LogP contribution in [0, 0.1) is 24.2 Å². The standard InChI is InChI=1S/C19H23N3O.C7H8O3S/c20-13-17-10-5-11-22(17)19(23)18-12-16(14-21-18)9-4-8-15-6-2-1-3-7-15;1-6-2-4-7(5-3-6)11(8,9)10/h1-4,6-8,16-18,21H,5,9-12,14H2;2-5H,1H3,(H,8,9,10)/t16-,17-,18-;/m0./s1. The summed E-state index contributed by atoms with van der Waals surface area (Å²) in [5, 5.41) is 12.5. The Labute approximate surface area is 201 Å². The molecule has 1 amide bonds. The number of nitrogens with zero attached hydrogens (tertiary/aromatic N) is 2. The summed E-state index contributed by atoms with van der Waals surface area (Å²) in [5.74, 6) is 0.607. The van der Waals surface area contributed by atoms with E-state index in [0.29, 0.717) is 5.92 Å². The van der Waals surface area contributed by atoms with Gasteiger partial charge in [-0.2, -0.15) is 13.7 Å². The second-order valence-corrected chi connectivity index (χ2v) is 10.1. The number of hydrogen-bond donors (Lipinski definition) is 2. The van der Waals surface area contributed by atoms with Crippen LogP contribution in [0.2, 0.25) is 0 Å². The molecule has 0 aliphatic carbocycles. The van der Waals surface area contributed by atoms with Crippen molar-refractivity contribution < 1.29 is 17.8 Å². The van der Waals surface area contributed by atoms with Crippen molar-refractivity contribution in [2.24, 2.45) is 5.92 Å². The fourth-order valence-corrected chi connectivity index (χ4v) is 4.69. The molecular weight excluding hydrogens is 450 g/mol. The normalized spacial score (nSPS) is 22.3. The molecule has 180 valence electrons. The van der Waals surface area contributed by atoms with Crippen molar-refractivity contribution in [3.8, 4) is 6.07 Å². The van der Waals surface area contributed by atoms with Gasteiger partial charge in [0.2, 0.25) is 5.91 Å². The van der Waals surface area contributed by atoms with Crippen LogP contribution in [0.25, 0.3) is 6.08 Å². The lowest BCUT2D eigenvalue weighted by Gasteiger charge is -2.23. The minimum Gasteiger partial charge on any atom is -0.325 e. The highest BCUT2D eigenvalue weighted by molar-refractivity contribution is 7.85. The van der Waals surface area contributed by atoms with Crippen molar-refractivity contribution >= 4 is 22.1 Å². The van der Waals surface area contributed by atoms with E-state index < -0.39 is 10.1 Å². The van der Waals surface area contributed by atoms with Gasteiger partial charge in [0.15, 0.2) is 0 Å². The van der Waals surface area contributed by atoms with Crippen molar-refractivity contribution in [1.82, 2.24) is 10.2 Å². The zero-order valence-electron chi connectivity index (χ0n) is 19.3. The van der Waals surface area contributed by atoms with Gasteiger partial charge in [0.1, 0.15) is 6.04 Å². The van der Waals surface area contributed by atoms with Crippen LogP contribution in [0.5, 0.6) is 0 Å². The molecule has 2 N–H and O–H groups in total. The van der Waals surface area contributed by atoms with E-state index in [1.54, 1.807) is 17.0 Å². The Morgan fingerprint density at radius 3 is 2.56 bits per heavy atom. The molecule has 0 unspecified atom stereocenters. The van der Waals surface area contributed by atoms with Gasteiger partial charge in [-0.05, 0) is 62.8 Å². The summed E-state index contributed by atoms with van der Waals surface area (Å²) in [6, 6.07) is 18.2. The number of benzene rings is 2. The molecule has 34 heavy (non-hydrogen) atoms. The number of amides is 1. The molecule has 0 radical (unpaired) electrons. The Kier molecular flexibility index (Phi) is 8.99. The molecule has 7 nitrogen and oxygen atoms in total. The van der Waals surface area contributed by atoms with Crippen LogP contribution in [0.1, 0.15) is 36.8 Å². The van der Waals surface area contributed by atoms with E-state index in [4.69, 9.17) is 9.81 Å². The average Bonchev–Trinajstić information content (AvgIpc) is 3.49. The van der Waals surface area contributed by atoms with E-state index in [1.807, 2.05) is 25.1 Å². The second-order valence-electron chi connectivity index (χ2n) is 8.72. The van der Waals surface area contributed by atoms with Crippen LogP contribution in [-0.4, -0.2) is 49.0 Å². The van der Waals surface area contributed by atoms with Crippen LogP contribution >= 0.6 is 0 Å². The Morgan fingerprint density at radius 1 is 1.21 bits per heavy atom. The molecule has 3 atom stereocenters. The molecule has 2 fully saturated rings. The highest BCUT2D eigenvalue weighted by Crippen LogP contribution is 2.24. The maximum atomic E-state index is 12.6. The third-order valence-electron chi connectivity index (χ3n) is 6.10. The highest BCUT2D eigenvalue weighted by atomic mass is 32.2. The molecule has 2 aromatic carbocycles. The second kappa shape index (κ2) is 11.9. The first kappa shape index (κ1) is 25.6. The number of nitriles is 1. The third-order valence-corrected chi connectivity index (χ3v) is 6.97. The molecule has 2 aliphatic rings. The van der Waals surface area contributed by atoms with Gasteiger partial charge < -0.3 is 10.2 Å². The molecule has 2 aromatic rings. The van der Waals surface area contributed by atoms with E-state index in [-0.39, 0.29) is 22.9 Å². The Balaban J connectivity index is 0.000000248. The van der Waals surface area contributed by atoms with E-state index >= 15 is 0 Å². The molecule has 2 aliphatic heterocycles. The van der Waals surface area contributed by atoms with Crippen molar-refractivity contribution in [3.63, 3.8) is 0 Å². The minimum atomic E-state index is -4.02. The van der Waals surface area contributed by atoms with Gasteiger partial charge >= 0.3 is 0 Å². The maximum Gasteiger partial charge on any atom is 0.294 e. The molecule has 0 bridgehead atoms. The molecule has 4 rings (SSSR count). The van der Waals surface area contributed by atoms with Gasteiger partial charge in [-0.1, -0.05) is 60.2 Å². The van der Waals surface area contributed by atoms with Gasteiger partial charge in [0.25, 0.3) is 10.1 Å². The number of allylic oxidation sites excluding steroid dienone is 1. The minimum absolute atomic E-state index is 0.0666. The number of carbonyl (C=O) groups is 1. The van der Waals surface area contributed by atoms with Crippen molar-refractivity contribution in [2.75, 3.05) is 13.1 Å². The highest BCUT2D eigenvalue weighted by Gasteiger charge is 2.36. The van der Waals surface area contributed by atoms with Crippen molar-refractivity contribution in [2.45, 2.75) is 49.6 Å². The fourth-order valence-electron chi connectivity index (χ4n) is 4.21. The zero-order valence-corrected chi connectivity index (χ0v) is 20.1. The van der Waals surface area contributed by atoms with E-state index in [1.165, 1.54) is 17.7 Å². The first-order chi connectivity index (χ1) is 16.3. The summed E-state index contributed by atoms with van der Waals surface area (Å²) >= 11 is 0. The predicted octanol–water partition coefficient (Wildman–Crippen LogP) is 3.82. The van der Waals surface area contributed by atoms with Crippen LogP contribution < -0.4 is 5.32 Å². The van der Waals surface area contributed by atoms with Gasteiger partial charge in [-0.25, -0.2) is 0 Å². The van der Waals surface area contributed by atoms with Gasteiger partial charge in [-0.3, -0.25) is 9.35 Å². The van der Waals surface area contributed by atoms with Gasteiger partial charge in [0, 0.05) is 6.54 Å². The maximum absolute atomic E-state index is 12.6. The summed E-state index contributed by atoms with van der Waals surface area (Å²) in [6.45, 7) is 3.45. The molecule has 2 heterocycles. The topological polar surface area (TPSA) is 110 Å². The smallest absolute Gasteiger partial charge is 0.294 e. The number of carbonyl (C=O) groups excluding carboxylic acids is 1. The SMILES string of the molecule is Cc1ccc(S(=O)(=O)O)cc1.N#C[C@@H]1CCCN1C(=O)[C@@H]1C[C@H](CC=Cc2ccccc2)CN1. The summed E-state index contributed by atoms with van der Waals surface area (Å²) in [6.07, 6.45) is 7.95. The number of likely N-dealkylation sites (tertiary alicyclic amines) is 1. The van der Waals surface area contributed by atoms with E-state index in [2.05, 4.69) is 35.7 Å². The number of rotatable bonds is 5. The fraction of sp³-hybridized carbons (Fsp3) is 0.385. The van der Waals surface area contributed by atoms with Crippen LogP contribution in [0.4, 0.5) is 0 Å². The Bertz CT molecular complexity index is 1120. The lowest BCUT2D eigenvalue weighted by atomic mass is 10.0. The zero-order chi connectivity index (χ0) is 24.6. The number of aryl methyl sites for hydroxylation is 1. The molecule has 8 heteroatoms. The van der Waals surface area contributed by atoms with Gasteiger partial charge in [0.05, 0.1) is 17.0 Å². The third kappa shape index (κ3) is 7.26. The largest absolute Gasteiger partial charge is 0.325 e.